The Morgan fingerprint density at radius 2 is 1.92 bits per heavy atom. The van der Waals surface area contributed by atoms with Crippen LogP contribution in [0.15, 0.2) is 51.9 Å². The van der Waals surface area contributed by atoms with Crippen LogP contribution in [0.1, 0.15) is 23.5 Å². The van der Waals surface area contributed by atoms with Crippen LogP contribution in [-0.2, 0) is 9.53 Å². The van der Waals surface area contributed by atoms with Crippen LogP contribution in [0.2, 0.25) is 0 Å². The number of esters is 1. The van der Waals surface area contributed by atoms with Crippen molar-refractivity contribution < 1.29 is 19.7 Å². The Labute approximate surface area is 156 Å². The zero-order valence-corrected chi connectivity index (χ0v) is 15.3. The molecule has 0 aliphatic heterocycles. The molecule has 1 unspecified atom stereocenters. The third-order valence-corrected chi connectivity index (χ3v) is 4.51. The molecule has 0 spiro atoms. The van der Waals surface area contributed by atoms with Crippen molar-refractivity contribution in [1.82, 2.24) is 9.38 Å². The van der Waals surface area contributed by atoms with Crippen LogP contribution in [0, 0.1) is 0 Å². The maximum atomic E-state index is 13.0. The van der Waals surface area contributed by atoms with Gasteiger partial charge in [0.05, 0.1) is 19.1 Å². The van der Waals surface area contributed by atoms with E-state index >= 15 is 0 Å². The number of carbonyl (C=O) groups is 1. The molecule has 0 amide bonds. The number of phenolic OH excluding ortho intramolecular Hbond substituents is 1. The predicted molar refractivity (Wildman–Crippen MR) is 97.4 cm³/mol. The molecule has 0 saturated heterocycles. The van der Waals surface area contributed by atoms with Gasteiger partial charge in [-0.3, -0.25) is 14.0 Å². The maximum absolute atomic E-state index is 13.0. The SMILES string of the molecule is COC(=O)CC(c1ccc(O)cc1)c1c(O)nc2ccc(Br)cn2c1=O. The van der Waals surface area contributed by atoms with Crippen molar-refractivity contribution in [3.05, 3.63) is 68.5 Å². The number of methoxy groups -OCH3 is 1. The quantitative estimate of drug-likeness (QED) is 0.631. The third-order valence-electron chi connectivity index (χ3n) is 4.04. The predicted octanol–water partition coefficient (Wildman–Crippen LogP) is 2.56. The number of rotatable bonds is 4. The molecule has 1 atom stereocenters. The molecule has 2 N–H and O–H groups in total. The fourth-order valence-corrected chi connectivity index (χ4v) is 3.10. The van der Waals surface area contributed by atoms with Crippen molar-refractivity contribution in [3.8, 4) is 11.6 Å². The standard InChI is InChI=1S/C18H15BrN2O5/c1-26-15(23)8-13(10-2-5-12(22)6-3-10)16-17(24)20-14-7-4-11(19)9-21(14)18(16)25/h2-7,9,13,22,24H,8H2,1H3. The summed E-state index contributed by atoms with van der Waals surface area (Å²) in [7, 11) is 1.25. The third kappa shape index (κ3) is 3.41. The van der Waals surface area contributed by atoms with Crippen LogP contribution in [-0.4, -0.2) is 32.7 Å². The average molecular weight is 419 g/mol. The van der Waals surface area contributed by atoms with Gasteiger partial charge in [0.25, 0.3) is 5.56 Å². The number of pyridine rings is 1. The minimum atomic E-state index is -0.779. The van der Waals surface area contributed by atoms with Crippen LogP contribution in [0.5, 0.6) is 11.6 Å². The fraction of sp³-hybridized carbons (Fsp3) is 0.167. The minimum absolute atomic E-state index is 0.0170. The van der Waals surface area contributed by atoms with Gasteiger partial charge in [-0.25, -0.2) is 0 Å². The second-order valence-corrected chi connectivity index (χ2v) is 6.57. The highest BCUT2D eigenvalue weighted by molar-refractivity contribution is 9.10. The van der Waals surface area contributed by atoms with Gasteiger partial charge in [0.2, 0.25) is 5.88 Å². The molecule has 0 aliphatic carbocycles. The Kier molecular flexibility index (Phi) is 4.94. The van der Waals surface area contributed by atoms with Gasteiger partial charge in [0.1, 0.15) is 11.4 Å². The molecule has 0 saturated carbocycles. The number of halogens is 1. The van der Waals surface area contributed by atoms with Crippen molar-refractivity contribution in [1.29, 1.82) is 0 Å². The molecule has 0 aliphatic rings. The molecule has 134 valence electrons. The normalized spacial score (nSPS) is 12.1. The molecule has 2 aromatic heterocycles. The first kappa shape index (κ1) is 17.9. The van der Waals surface area contributed by atoms with Gasteiger partial charge in [0, 0.05) is 16.6 Å². The van der Waals surface area contributed by atoms with E-state index in [1.165, 1.54) is 23.6 Å². The number of ether oxygens (including phenoxy) is 1. The smallest absolute Gasteiger partial charge is 0.306 e. The monoisotopic (exact) mass is 418 g/mol. The highest BCUT2D eigenvalue weighted by atomic mass is 79.9. The van der Waals surface area contributed by atoms with Crippen molar-refractivity contribution >= 4 is 27.5 Å². The van der Waals surface area contributed by atoms with Crippen LogP contribution >= 0.6 is 15.9 Å². The summed E-state index contributed by atoms with van der Waals surface area (Å²) in [5, 5.41) is 19.9. The number of aromatic nitrogens is 2. The van der Waals surface area contributed by atoms with E-state index in [4.69, 9.17) is 4.74 Å². The lowest BCUT2D eigenvalue weighted by Crippen LogP contribution is -2.24. The van der Waals surface area contributed by atoms with E-state index in [0.29, 0.717) is 10.0 Å². The fourth-order valence-electron chi connectivity index (χ4n) is 2.76. The van der Waals surface area contributed by atoms with Gasteiger partial charge in [0.15, 0.2) is 0 Å². The first-order valence-corrected chi connectivity index (χ1v) is 8.46. The molecule has 7 nitrogen and oxygen atoms in total. The zero-order valence-electron chi connectivity index (χ0n) is 13.7. The Morgan fingerprint density at radius 1 is 1.23 bits per heavy atom. The van der Waals surface area contributed by atoms with Crippen molar-refractivity contribution in [2.24, 2.45) is 0 Å². The van der Waals surface area contributed by atoms with E-state index in [-0.39, 0.29) is 23.4 Å². The second-order valence-electron chi connectivity index (χ2n) is 5.65. The van der Waals surface area contributed by atoms with Crippen molar-refractivity contribution in [3.63, 3.8) is 0 Å². The van der Waals surface area contributed by atoms with Crippen LogP contribution < -0.4 is 5.56 Å². The molecule has 8 heteroatoms. The molecular weight excluding hydrogens is 404 g/mol. The van der Waals surface area contributed by atoms with E-state index in [1.807, 2.05) is 0 Å². The van der Waals surface area contributed by atoms with Crippen LogP contribution in [0.4, 0.5) is 0 Å². The Morgan fingerprint density at radius 3 is 2.58 bits per heavy atom. The molecule has 3 rings (SSSR count). The van der Waals surface area contributed by atoms with Gasteiger partial charge in [-0.05, 0) is 45.8 Å². The topological polar surface area (TPSA) is 101 Å². The van der Waals surface area contributed by atoms with Gasteiger partial charge < -0.3 is 14.9 Å². The molecule has 26 heavy (non-hydrogen) atoms. The molecular formula is C18H15BrN2O5. The maximum Gasteiger partial charge on any atom is 0.306 e. The number of phenols is 1. The molecule has 0 bridgehead atoms. The first-order chi connectivity index (χ1) is 12.4. The van der Waals surface area contributed by atoms with Gasteiger partial charge in [-0.15, -0.1) is 0 Å². The molecule has 3 aromatic rings. The minimum Gasteiger partial charge on any atom is -0.508 e. The summed E-state index contributed by atoms with van der Waals surface area (Å²) < 4.78 is 6.69. The van der Waals surface area contributed by atoms with E-state index < -0.39 is 23.3 Å². The highest BCUT2D eigenvalue weighted by Gasteiger charge is 2.27. The summed E-state index contributed by atoms with van der Waals surface area (Å²) in [4.78, 5) is 29.0. The highest BCUT2D eigenvalue weighted by Crippen LogP contribution is 2.32. The molecule has 0 radical (unpaired) electrons. The summed E-state index contributed by atoms with van der Waals surface area (Å²) in [6.45, 7) is 0. The van der Waals surface area contributed by atoms with Gasteiger partial charge >= 0.3 is 5.97 Å². The average Bonchev–Trinajstić information content (AvgIpc) is 2.62. The number of hydrogen-bond acceptors (Lipinski definition) is 6. The Hall–Kier alpha value is -2.87. The van der Waals surface area contributed by atoms with E-state index in [2.05, 4.69) is 20.9 Å². The number of carbonyl (C=O) groups excluding carboxylic acids is 1. The number of hydrogen-bond donors (Lipinski definition) is 2. The number of aromatic hydroxyl groups is 2. The molecule has 1 aromatic carbocycles. The summed E-state index contributed by atoms with van der Waals surface area (Å²) in [5.41, 5.74) is 0.340. The Bertz CT molecular complexity index is 1030. The lowest BCUT2D eigenvalue weighted by atomic mass is 9.89. The summed E-state index contributed by atoms with van der Waals surface area (Å²) >= 11 is 3.30. The lowest BCUT2D eigenvalue weighted by molar-refractivity contribution is -0.140. The summed E-state index contributed by atoms with van der Waals surface area (Å²) in [6.07, 6.45) is 1.38. The van der Waals surface area contributed by atoms with Gasteiger partial charge in [-0.2, -0.15) is 4.98 Å². The first-order valence-electron chi connectivity index (χ1n) is 7.67. The van der Waals surface area contributed by atoms with Crippen LogP contribution in [0.25, 0.3) is 5.65 Å². The van der Waals surface area contributed by atoms with E-state index in [1.54, 1.807) is 30.5 Å². The van der Waals surface area contributed by atoms with E-state index in [9.17, 15) is 19.8 Å². The number of fused-ring (bicyclic) bond motifs is 1. The number of nitrogens with zero attached hydrogens (tertiary/aromatic N) is 2. The van der Waals surface area contributed by atoms with E-state index in [0.717, 1.165) is 0 Å². The number of benzene rings is 1. The zero-order chi connectivity index (χ0) is 18.8. The van der Waals surface area contributed by atoms with Crippen molar-refractivity contribution in [2.75, 3.05) is 7.11 Å². The second kappa shape index (κ2) is 7.17. The lowest BCUT2D eigenvalue weighted by Gasteiger charge is -2.17. The summed E-state index contributed by atoms with van der Waals surface area (Å²) in [5.74, 6) is -1.72. The molecule has 2 heterocycles. The molecule has 0 fully saturated rings. The largest absolute Gasteiger partial charge is 0.508 e. The van der Waals surface area contributed by atoms with Gasteiger partial charge in [-0.1, -0.05) is 12.1 Å². The van der Waals surface area contributed by atoms with Crippen molar-refractivity contribution in [2.45, 2.75) is 12.3 Å². The Balaban J connectivity index is 2.24. The summed E-state index contributed by atoms with van der Waals surface area (Å²) in [6, 6.07) is 9.34. The van der Waals surface area contributed by atoms with Crippen LogP contribution in [0.3, 0.4) is 0 Å².